The van der Waals surface area contributed by atoms with Crippen molar-refractivity contribution in [3.63, 3.8) is 0 Å². The van der Waals surface area contributed by atoms with Crippen LogP contribution in [0.25, 0.3) is 11.4 Å². The van der Waals surface area contributed by atoms with E-state index in [2.05, 4.69) is 69.1 Å². The first-order valence-corrected chi connectivity index (χ1v) is 12.0. The number of aryl methyl sites for hydroxylation is 1. The molecule has 12 heteroatoms. The van der Waals surface area contributed by atoms with E-state index in [-0.39, 0.29) is 35.0 Å². The summed E-state index contributed by atoms with van der Waals surface area (Å²) in [5.74, 6) is 1.14. The summed E-state index contributed by atoms with van der Waals surface area (Å²) < 4.78 is 27.5. The van der Waals surface area contributed by atoms with Crippen LogP contribution in [0.5, 0.6) is 5.75 Å². The standard InChI is InChI=1S/C24H32FN9O2/c1-23(2)9-16(10-24(3,4)31-23)27-20-19(25)11-26-22(29-20)28-15-6-14(21-30-32-33-34(21)5)7-17(8-15)36-18-12-35-13-18/h6-8,11,16,18,31H,9-10,12-13H2,1-5H3,(H2,26,27,28,29). The van der Waals surface area contributed by atoms with E-state index >= 15 is 0 Å². The number of hydrogen-bond donors (Lipinski definition) is 3. The summed E-state index contributed by atoms with van der Waals surface area (Å²) in [6.45, 7) is 9.70. The predicted octanol–water partition coefficient (Wildman–Crippen LogP) is 3.05. The van der Waals surface area contributed by atoms with Gasteiger partial charge in [-0.3, -0.25) is 0 Å². The molecular weight excluding hydrogens is 465 g/mol. The normalized spacial score (nSPS) is 19.5. The fraction of sp³-hybridized carbons (Fsp3) is 0.542. The zero-order chi connectivity index (χ0) is 25.5. The van der Waals surface area contributed by atoms with Gasteiger partial charge in [-0.25, -0.2) is 14.1 Å². The summed E-state index contributed by atoms with van der Waals surface area (Å²) in [5, 5.41) is 21.9. The number of halogens is 1. The van der Waals surface area contributed by atoms with Crippen molar-refractivity contribution in [3.8, 4) is 17.1 Å². The SMILES string of the molecule is Cn1nnnc1-c1cc(Nc2ncc(F)c(NC3CC(C)(C)NC(C)(C)C3)n2)cc(OC2COC2)c1. The maximum atomic E-state index is 14.7. The van der Waals surface area contributed by atoms with Crippen molar-refractivity contribution in [1.29, 1.82) is 0 Å². The molecule has 0 atom stereocenters. The Morgan fingerprint density at radius 3 is 2.53 bits per heavy atom. The zero-order valence-corrected chi connectivity index (χ0v) is 21.2. The van der Waals surface area contributed by atoms with Gasteiger partial charge >= 0.3 is 0 Å². The minimum absolute atomic E-state index is 0.0120. The lowest BCUT2D eigenvalue weighted by atomic mass is 9.79. The number of anilines is 3. The highest BCUT2D eigenvalue weighted by Gasteiger charge is 2.38. The molecule has 0 spiro atoms. The monoisotopic (exact) mass is 497 g/mol. The van der Waals surface area contributed by atoms with E-state index in [1.165, 1.54) is 6.20 Å². The molecule has 3 N–H and O–H groups in total. The molecule has 1 aromatic carbocycles. The smallest absolute Gasteiger partial charge is 0.229 e. The van der Waals surface area contributed by atoms with Gasteiger partial charge in [0.05, 0.1) is 19.4 Å². The molecule has 0 radical (unpaired) electrons. The summed E-state index contributed by atoms with van der Waals surface area (Å²) >= 11 is 0. The lowest BCUT2D eigenvalue weighted by molar-refractivity contribution is -0.0796. The highest BCUT2D eigenvalue weighted by Crippen LogP contribution is 2.32. The number of benzene rings is 1. The van der Waals surface area contributed by atoms with E-state index in [0.29, 0.717) is 30.5 Å². The number of tetrazole rings is 1. The van der Waals surface area contributed by atoms with Crippen molar-refractivity contribution < 1.29 is 13.9 Å². The van der Waals surface area contributed by atoms with Gasteiger partial charge in [-0.05, 0) is 63.1 Å². The molecule has 36 heavy (non-hydrogen) atoms. The van der Waals surface area contributed by atoms with Crippen LogP contribution in [0.4, 0.5) is 21.8 Å². The van der Waals surface area contributed by atoms with Crippen molar-refractivity contribution in [3.05, 3.63) is 30.2 Å². The molecule has 5 rings (SSSR count). The average molecular weight is 498 g/mol. The molecule has 2 fully saturated rings. The number of nitrogens with zero attached hydrogens (tertiary/aromatic N) is 6. The van der Waals surface area contributed by atoms with E-state index in [1.807, 2.05) is 18.2 Å². The van der Waals surface area contributed by atoms with Gasteiger partial charge in [-0.15, -0.1) is 5.10 Å². The molecule has 0 aliphatic carbocycles. The van der Waals surface area contributed by atoms with E-state index < -0.39 is 5.82 Å². The van der Waals surface area contributed by atoms with Crippen LogP contribution >= 0.6 is 0 Å². The fourth-order valence-corrected chi connectivity index (χ4v) is 5.09. The average Bonchev–Trinajstić information content (AvgIpc) is 3.17. The van der Waals surface area contributed by atoms with Crippen LogP contribution in [0.1, 0.15) is 40.5 Å². The van der Waals surface area contributed by atoms with Crippen molar-refractivity contribution in [1.82, 2.24) is 35.5 Å². The third-order valence-electron chi connectivity index (χ3n) is 6.23. The van der Waals surface area contributed by atoms with Gasteiger partial charge in [0.1, 0.15) is 11.9 Å². The van der Waals surface area contributed by atoms with E-state index in [0.717, 1.165) is 18.4 Å². The Kier molecular flexibility index (Phi) is 6.25. The first kappa shape index (κ1) is 24.3. The second-order valence-corrected chi connectivity index (χ2v) is 10.8. The number of hydrogen-bond acceptors (Lipinski definition) is 10. The van der Waals surface area contributed by atoms with E-state index in [4.69, 9.17) is 9.47 Å². The number of aromatic nitrogens is 6. The molecule has 3 aromatic rings. The molecule has 2 aliphatic heterocycles. The Bertz CT molecular complexity index is 1230. The quantitative estimate of drug-likeness (QED) is 0.449. The van der Waals surface area contributed by atoms with Gasteiger partial charge < -0.3 is 25.4 Å². The molecule has 2 aliphatic rings. The summed E-state index contributed by atoms with van der Waals surface area (Å²) in [4.78, 5) is 8.61. The van der Waals surface area contributed by atoms with Crippen LogP contribution in [0.2, 0.25) is 0 Å². The van der Waals surface area contributed by atoms with Crippen LogP contribution in [-0.4, -0.2) is 66.6 Å². The molecule has 2 aromatic heterocycles. The molecule has 4 heterocycles. The van der Waals surface area contributed by atoms with Crippen LogP contribution < -0.4 is 20.7 Å². The first-order valence-electron chi connectivity index (χ1n) is 12.0. The van der Waals surface area contributed by atoms with Crippen LogP contribution in [0.15, 0.2) is 24.4 Å². The van der Waals surface area contributed by atoms with Crippen LogP contribution in [-0.2, 0) is 11.8 Å². The highest BCUT2D eigenvalue weighted by atomic mass is 19.1. The van der Waals surface area contributed by atoms with E-state index in [9.17, 15) is 4.39 Å². The topological polar surface area (TPSA) is 124 Å². The number of ether oxygens (including phenoxy) is 2. The highest BCUT2D eigenvalue weighted by molar-refractivity contribution is 5.68. The Morgan fingerprint density at radius 2 is 1.89 bits per heavy atom. The number of rotatable bonds is 7. The second-order valence-electron chi connectivity index (χ2n) is 10.8. The fourth-order valence-electron chi connectivity index (χ4n) is 5.09. The molecule has 11 nitrogen and oxygen atoms in total. The molecule has 0 unspecified atom stereocenters. The maximum Gasteiger partial charge on any atom is 0.229 e. The van der Waals surface area contributed by atoms with Crippen molar-refractivity contribution >= 4 is 17.5 Å². The third kappa shape index (κ3) is 5.54. The summed E-state index contributed by atoms with van der Waals surface area (Å²) in [6, 6.07) is 5.63. The summed E-state index contributed by atoms with van der Waals surface area (Å²) in [6.07, 6.45) is 2.83. The van der Waals surface area contributed by atoms with Gasteiger partial charge in [0.25, 0.3) is 0 Å². The third-order valence-corrected chi connectivity index (χ3v) is 6.23. The minimum atomic E-state index is -0.498. The lowest BCUT2D eigenvalue weighted by Gasteiger charge is -2.46. The van der Waals surface area contributed by atoms with Gasteiger partial charge in [0.2, 0.25) is 5.95 Å². The molecule has 2 saturated heterocycles. The molecule has 0 bridgehead atoms. The van der Waals surface area contributed by atoms with Gasteiger partial charge in [0.15, 0.2) is 17.5 Å². The van der Waals surface area contributed by atoms with Crippen LogP contribution in [0, 0.1) is 5.82 Å². The van der Waals surface area contributed by atoms with E-state index in [1.54, 1.807) is 11.7 Å². The Hall–Kier alpha value is -3.38. The molecule has 0 saturated carbocycles. The van der Waals surface area contributed by atoms with Crippen molar-refractivity contribution in [2.75, 3.05) is 23.8 Å². The summed E-state index contributed by atoms with van der Waals surface area (Å²) in [5.41, 5.74) is 1.25. The Balaban J connectivity index is 1.39. The number of nitrogens with one attached hydrogen (secondary N) is 3. The minimum Gasteiger partial charge on any atom is -0.485 e. The summed E-state index contributed by atoms with van der Waals surface area (Å²) in [7, 11) is 1.76. The van der Waals surface area contributed by atoms with Gasteiger partial charge in [-0.1, -0.05) is 0 Å². The lowest BCUT2D eigenvalue weighted by Crippen LogP contribution is -2.60. The molecule has 0 amide bonds. The Labute approximate surface area is 209 Å². The molecular formula is C24H32FN9O2. The Morgan fingerprint density at radius 1 is 1.14 bits per heavy atom. The molecule has 192 valence electrons. The van der Waals surface area contributed by atoms with Gasteiger partial charge in [-0.2, -0.15) is 4.98 Å². The van der Waals surface area contributed by atoms with Crippen molar-refractivity contribution in [2.24, 2.45) is 7.05 Å². The van der Waals surface area contributed by atoms with Crippen molar-refractivity contribution in [2.45, 2.75) is 63.8 Å². The second kappa shape index (κ2) is 9.25. The predicted molar refractivity (Wildman–Crippen MR) is 133 cm³/mol. The first-order chi connectivity index (χ1) is 17.1. The largest absolute Gasteiger partial charge is 0.485 e. The van der Waals surface area contributed by atoms with Gasteiger partial charge in [0, 0.05) is 41.5 Å². The number of piperidine rings is 1. The van der Waals surface area contributed by atoms with Crippen LogP contribution in [0.3, 0.4) is 0 Å². The zero-order valence-electron chi connectivity index (χ0n) is 21.2. The maximum absolute atomic E-state index is 14.7.